The van der Waals surface area contributed by atoms with Gasteiger partial charge in [0.05, 0.1) is 36.6 Å². The van der Waals surface area contributed by atoms with Gasteiger partial charge >= 0.3 is 0 Å². The van der Waals surface area contributed by atoms with Gasteiger partial charge in [0.15, 0.2) is 0 Å². The number of carbonyl (C=O) groups is 1. The van der Waals surface area contributed by atoms with Gasteiger partial charge in [-0.05, 0) is 45.0 Å². The van der Waals surface area contributed by atoms with Gasteiger partial charge in [0.2, 0.25) is 5.91 Å². The Balaban J connectivity index is 1.45. The van der Waals surface area contributed by atoms with Crippen molar-refractivity contribution >= 4 is 11.6 Å². The van der Waals surface area contributed by atoms with E-state index >= 15 is 0 Å². The van der Waals surface area contributed by atoms with E-state index in [1.807, 2.05) is 74.1 Å². The number of benzene rings is 2. The Labute approximate surface area is 184 Å². The molecule has 4 rings (SSSR count). The summed E-state index contributed by atoms with van der Waals surface area (Å²) in [5.74, 6) is 0.960. The molecule has 0 saturated heterocycles. The largest absolute Gasteiger partial charge is 0.485 e. The van der Waals surface area contributed by atoms with E-state index in [0.717, 1.165) is 47.2 Å². The first kappa shape index (κ1) is 21.0. The first-order chi connectivity index (χ1) is 15.0. The highest BCUT2D eigenvalue weighted by Gasteiger charge is 2.27. The normalized spacial score (nSPS) is 15.4. The van der Waals surface area contributed by atoms with Crippen LogP contribution in [0.1, 0.15) is 23.9 Å². The number of hydrogen-bond donors (Lipinski definition) is 0. The SMILES string of the molecule is CCN1C[C@@H](CN(C)C(=O)Cc2c(C)nn(-c3ccccc3)c2C)Oc2ccccc21. The maximum atomic E-state index is 13.1. The molecule has 3 aromatic rings. The Hall–Kier alpha value is -3.28. The molecule has 0 fully saturated rings. The molecule has 0 unspecified atom stereocenters. The summed E-state index contributed by atoms with van der Waals surface area (Å²) in [6.07, 6.45) is 0.278. The molecule has 1 amide bonds. The molecule has 6 heteroatoms. The average molecular weight is 419 g/mol. The fourth-order valence-electron chi connectivity index (χ4n) is 4.22. The summed E-state index contributed by atoms with van der Waals surface area (Å²) in [5.41, 5.74) is 5.01. The van der Waals surface area contributed by atoms with Crippen LogP contribution in [0.25, 0.3) is 5.69 Å². The number of amides is 1. The molecule has 0 N–H and O–H groups in total. The second kappa shape index (κ2) is 8.84. The summed E-state index contributed by atoms with van der Waals surface area (Å²) >= 11 is 0. The monoisotopic (exact) mass is 418 g/mol. The van der Waals surface area contributed by atoms with Gasteiger partial charge in [-0.3, -0.25) is 4.79 Å². The minimum atomic E-state index is -0.0574. The van der Waals surface area contributed by atoms with Crippen molar-refractivity contribution in [2.45, 2.75) is 33.3 Å². The second-order valence-corrected chi connectivity index (χ2v) is 8.09. The number of nitrogens with zero attached hydrogens (tertiary/aromatic N) is 4. The predicted molar refractivity (Wildman–Crippen MR) is 123 cm³/mol. The van der Waals surface area contributed by atoms with Crippen LogP contribution in [0.2, 0.25) is 0 Å². The maximum absolute atomic E-state index is 13.1. The van der Waals surface area contributed by atoms with Crippen LogP contribution in [-0.2, 0) is 11.2 Å². The van der Waals surface area contributed by atoms with E-state index in [4.69, 9.17) is 4.74 Å². The first-order valence-corrected chi connectivity index (χ1v) is 10.8. The molecular formula is C25H30N4O2. The molecule has 0 saturated carbocycles. The van der Waals surface area contributed by atoms with E-state index in [9.17, 15) is 4.79 Å². The van der Waals surface area contributed by atoms with Crippen LogP contribution in [0.3, 0.4) is 0 Å². The summed E-state index contributed by atoms with van der Waals surface area (Å²) in [6.45, 7) is 8.37. The van der Waals surface area contributed by atoms with Crippen molar-refractivity contribution in [1.29, 1.82) is 0 Å². The van der Waals surface area contributed by atoms with Gasteiger partial charge in [-0.1, -0.05) is 30.3 Å². The molecule has 0 spiro atoms. The van der Waals surface area contributed by atoms with E-state index < -0.39 is 0 Å². The van der Waals surface area contributed by atoms with Crippen molar-refractivity contribution in [1.82, 2.24) is 14.7 Å². The number of anilines is 1. The van der Waals surface area contributed by atoms with Crippen LogP contribution >= 0.6 is 0 Å². The molecule has 1 aliphatic rings. The summed E-state index contributed by atoms with van der Waals surface area (Å²) < 4.78 is 8.11. The lowest BCUT2D eigenvalue weighted by Gasteiger charge is -2.37. The maximum Gasteiger partial charge on any atom is 0.227 e. The lowest BCUT2D eigenvalue weighted by atomic mass is 10.1. The van der Waals surface area contributed by atoms with Crippen molar-refractivity contribution < 1.29 is 9.53 Å². The number of ether oxygens (including phenoxy) is 1. The Kier molecular flexibility index (Phi) is 5.98. The number of hydrogen-bond acceptors (Lipinski definition) is 4. The van der Waals surface area contributed by atoms with Gasteiger partial charge in [0.1, 0.15) is 11.9 Å². The van der Waals surface area contributed by atoms with Gasteiger partial charge in [-0.25, -0.2) is 4.68 Å². The standard InChI is InChI=1S/C25H30N4O2/c1-5-28-17-21(31-24-14-10-9-13-23(24)28)16-27(4)25(30)15-22-18(2)26-29(19(22)3)20-11-7-6-8-12-20/h6-14,21H,5,15-17H2,1-4H3/t21-/m1/s1. The third-order valence-electron chi connectivity index (χ3n) is 5.98. The van der Waals surface area contributed by atoms with Crippen LogP contribution in [0.5, 0.6) is 5.75 Å². The van der Waals surface area contributed by atoms with Gasteiger partial charge < -0.3 is 14.5 Å². The Morgan fingerprint density at radius 3 is 2.58 bits per heavy atom. The lowest BCUT2D eigenvalue weighted by molar-refractivity contribution is -0.130. The van der Waals surface area contributed by atoms with Crippen molar-refractivity contribution in [3.63, 3.8) is 0 Å². The summed E-state index contributed by atoms with van der Waals surface area (Å²) in [6, 6.07) is 18.1. The number of aryl methyl sites for hydroxylation is 1. The molecule has 31 heavy (non-hydrogen) atoms. The number of likely N-dealkylation sites (N-methyl/N-ethyl adjacent to an activating group) is 2. The third-order valence-corrected chi connectivity index (χ3v) is 5.98. The third kappa shape index (κ3) is 4.29. The molecule has 1 aliphatic heterocycles. The fourth-order valence-corrected chi connectivity index (χ4v) is 4.22. The molecule has 6 nitrogen and oxygen atoms in total. The summed E-state index contributed by atoms with van der Waals surface area (Å²) in [4.78, 5) is 17.1. The number of para-hydroxylation sites is 3. The number of rotatable bonds is 6. The quantitative estimate of drug-likeness (QED) is 0.611. The number of fused-ring (bicyclic) bond motifs is 1. The van der Waals surface area contributed by atoms with Gasteiger partial charge in [0, 0.05) is 24.8 Å². The van der Waals surface area contributed by atoms with E-state index in [1.165, 1.54) is 0 Å². The van der Waals surface area contributed by atoms with Crippen LogP contribution in [0.15, 0.2) is 54.6 Å². The summed E-state index contributed by atoms with van der Waals surface area (Å²) in [7, 11) is 1.86. The Morgan fingerprint density at radius 2 is 1.84 bits per heavy atom. The zero-order valence-corrected chi connectivity index (χ0v) is 18.7. The van der Waals surface area contributed by atoms with E-state index in [-0.39, 0.29) is 12.0 Å². The fraction of sp³-hybridized carbons (Fsp3) is 0.360. The molecule has 2 aromatic carbocycles. The predicted octanol–water partition coefficient (Wildman–Crippen LogP) is 3.78. The molecular weight excluding hydrogens is 388 g/mol. The van der Waals surface area contributed by atoms with E-state index in [0.29, 0.717) is 13.0 Å². The van der Waals surface area contributed by atoms with Crippen molar-refractivity contribution in [3.8, 4) is 11.4 Å². The molecule has 0 aliphatic carbocycles. The number of carbonyl (C=O) groups excluding carboxylic acids is 1. The van der Waals surface area contributed by atoms with Crippen LogP contribution in [0.4, 0.5) is 5.69 Å². The highest BCUT2D eigenvalue weighted by atomic mass is 16.5. The zero-order chi connectivity index (χ0) is 22.0. The highest BCUT2D eigenvalue weighted by molar-refractivity contribution is 5.79. The minimum Gasteiger partial charge on any atom is -0.485 e. The molecule has 1 atom stereocenters. The van der Waals surface area contributed by atoms with Gasteiger partial charge in [0.25, 0.3) is 0 Å². The Morgan fingerprint density at radius 1 is 1.13 bits per heavy atom. The zero-order valence-electron chi connectivity index (χ0n) is 18.7. The van der Waals surface area contributed by atoms with Crippen molar-refractivity contribution in [2.75, 3.05) is 31.6 Å². The molecule has 0 radical (unpaired) electrons. The highest BCUT2D eigenvalue weighted by Crippen LogP contribution is 2.33. The van der Waals surface area contributed by atoms with Crippen molar-refractivity contribution in [3.05, 3.63) is 71.5 Å². The Bertz CT molecular complexity index is 1060. The molecule has 1 aromatic heterocycles. The average Bonchev–Trinajstić information content (AvgIpc) is 3.07. The van der Waals surface area contributed by atoms with Gasteiger partial charge in [-0.2, -0.15) is 5.10 Å². The lowest BCUT2D eigenvalue weighted by Crippen LogP contribution is -2.47. The first-order valence-electron chi connectivity index (χ1n) is 10.8. The topological polar surface area (TPSA) is 50.6 Å². The number of aromatic nitrogens is 2. The van der Waals surface area contributed by atoms with Crippen LogP contribution in [0, 0.1) is 13.8 Å². The van der Waals surface area contributed by atoms with Crippen molar-refractivity contribution in [2.24, 2.45) is 0 Å². The smallest absolute Gasteiger partial charge is 0.227 e. The molecule has 0 bridgehead atoms. The molecule has 2 heterocycles. The summed E-state index contributed by atoms with van der Waals surface area (Å²) in [5, 5.41) is 4.67. The van der Waals surface area contributed by atoms with Gasteiger partial charge in [-0.15, -0.1) is 0 Å². The van der Waals surface area contributed by atoms with Crippen LogP contribution in [-0.4, -0.2) is 53.4 Å². The van der Waals surface area contributed by atoms with E-state index in [2.05, 4.69) is 23.0 Å². The minimum absolute atomic E-state index is 0.0574. The molecule has 162 valence electrons. The van der Waals surface area contributed by atoms with Crippen LogP contribution < -0.4 is 9.64 Å². The second-order valence-electron chi connectivity index (χ2n) is 8.09. The van der Waals surface area contributed by atoms with E-state index in [1.54, 1.807) is 4.90 Å².